The largest absolute Gasteiger partial charge is 1.00 e. The van der Waals surface area contributed by atoms with Gasteiger partial charge >= 0.3 is 29.6 Å². The summed E-state index contributed by atoms with van der Waals surface area (Å²) in [4.78, 5) is 44.1. The number of hydrogen-bond acceptors (Lipinski definition) is 6. The maximum atomic E-state index is 13.1. The number of carbonyl (C=O) groups excluding carboxylic acids is 2. The molecule has 0 aromatic heterocycles. The molecule has 0 saturated heterocycles. The van der Waals surface area contributed by atoms with Gasteiger partial charge < -0.3 is 19.4 Å². The van der Waals surface area contributed by atoms with E-state index in [2.05, 4.69) is 4.52 Å². The average Bonchev–Trinajstić information content (AvgIpc) is 2.89. The van der Waals surface area contributed by atoms with E-state index >= 15 is 0 Å². The molecule has 2 N–H and O–H groups in total. The summed E-state index contributed by atoms with van der Waals surface area (Å²) in [6.07, 6.45) is 7.07. The summed E-state index contributed by atoms with van der Waals surface area (Å²) in [7, 11) is -5.12. The molecule has 178 valence electrons. The number of phosphoric acid groups is 1. The summed E-state index contributed by atoms with van der Waals surface area (Å²) in [5.74, 6) is -1.65. The molecule has 0 aromatic rings. The van der Waals surface area contributed by atoms with Crippen LogP contribution in [0.2, 0.25) is 0 Å². The van der Waals surface area contributed by atoms with Crippen LogP contribution < -0.4 is 34.5 Å². The maximum absolute atomic E-state index is 13.1. The van der Waals surface area contributed by atoms with Crippen LogP contribution in [0.3, 0.4) is 0 Å². The Morgan fingerprint density at radius 3 is 2.61 bits per heavy atom. The van der Waals surface area contributed by atoms with Crippen molar-refractivity contribution in [2.24, 2.45) is 28.6 Å². The van der Waals surface area contributed by atoms with Crippen LogP contribution in [0.25, 0.3) is 0 Å². The van der Waals surface area contributed by atoms with Crippen molar-refractivity contribution in [3.63, 3.8) is 0 Å². The van der Waals surface area contributed by atoms with Crippen LogP contribution in [0.1, 0.15) is 46.5 Å². The standard InChI is InChI=1S/C22H29Cl2O7P.Na/c1-12-8-16-15-5-4-13-9-14(25)6-7-19(13,2)21(15,24)17(23)10-20(16,3)22(12,27)18(26)11-31-32(28,29)30;/h6-7,9,12,15-17,27H,4-5,8,10-11H2,1-3H3,(H2,28,29,30);/q;+1/p-1/t12-,15+,16+,17+,19+,20+,21+,22+;/m1./s1. The number of hydrogen-bond donors (Lipinski definition) is 2. The number of rotatable bonds is 4. The summed E-state index contributed by atoms with van der Waals surface area (Å²) in [6.45, 7) is 4.62. The number of halogens is 2. The number of Topliss-reactive ketones (excluding diaryl/α,β-unsaturated/α-hetero) is 1. The molecule has 4 aliphatic rings. The summed E-state index contributed by atoms with van der Waals surface area (Å²) in [5, 5.41) is 11.1. The van der Waals surface area contributed by atoms with Crippen LogP contribution >= 0.6 is 31.0 Å². The maximum Gasteiger partial charge on any atom is 1.00 e. The first-order valence-corrected chi connectivity index (χ1v) is 13.1. The van der Waals surface area contributed by atoms with Gasteiger partial charge in [-0.1, -0.05) is 32.4 Å². The predicted molar refractivity (Wildman–Crippen MR) is 117 cm³/mol. The molecule has 0 amide bonds. The van der Waals surface area contributed by atoms with Gasteiger partial charge in [-0.05, 0) is 55.6 Å². The molecule has 1 unspecified atom stereocenters. The van der Waals surface area contributed by atoms with Gasteiger partial charge in [-0.25, -0.2) is 0 Å². The summed E-state index contributed by atoms with van der Waals surface area (Å²) >= 11 is 14.4. The Morgan fingerprint density at radius 2 is 2.00 bits per heavy atom. The van der Waals surface area contributed by atoms with Gasteiger partial charge in [-0.2, -0.15) is 0 Å². The van der Waals surface area contributed by atoms with E-state index in [1.165, 1.54) is 6.08 Å². The minimum absolute atomic E-state index is 0. The third-order valence-electron chi connectivity index (χ3n) is 8.96. The Morgan fingerprint density at radius 1 is 1.36 bits per heavy atom. The normalized spacial score (nSPS) is 48.0. The monoisotopic (exact) mass is 528 g/mol. The first-order chi connectivity index (χ1) is 14.6. The molecule has 3 saturated carbocycles. The SMILES string of the molecule is C[C@@H]1C[C@H]2[C@@H]3CCC4=CC(=O)C=C[C@]4(C)[C@@]3(Cl)[C@@H](Cl)C[C@]2(C)[C@@]1(O)C(=O)COP(=O)([O-])O.[Na+]. The Bertz CT molecular complexity index is 982. The quantitative estimate of drug-likeness (QED) is 0.296. The van der Waals surface area contributed by atoms with Gasteiger partial charge in [0.25, 0.3) is 7.82 Å². The van der Waals surface area contributed by atoms with Crippen molar-refractivity contribution >= 4 is 42.6 Å². The third-order valence-corrected chi connectivity index (χ3v) is 11.0. The Kier molecular flexibility index (Phi) is 7.47. The number of ketones is 2. The van der Waals surface area contributed by atoms with Gasteiger partial charge in [-0.15, -0.1) is 23.2 Å². The number of aliphatic hydroxyl groups is 1. The van der Waals surface area contributed by atoms with Crippen LogP contribution in [0, 0.1) is 28.6 Å². The zero-order valence-corrected chi connectivity index (χ0v) is 23.6. The Hall–Kier alpha value is 0.470. The molecule has 9 atom stereocenters. The second-order valence-electron chi connectivity index (χ2n) is 10.3. The molecular weight excluding hydrogens is 501 g/mol. The Labute approximate surface area is 225 Å². The molecular formula is C22H28Cl2NaO7P. The molecule has 3 fully saturated rings. The van der Waals surface area contributed by atoms with Crippen molar-refractivity contribution < 1.29 is 63.1 Å². The van der Waals surface area contributed by atoms with Crippen LogP contribution in [0.15, 0.2) is 23.8 Å². The van der Waals surface area contributed by atoms with Crippen molar-refractivity contribution in [2.75, 3.05) is 6.61 Å². The second kappa shape index (κ2) is 8.79. The van der Waals surface area contributed by atoms with Crippen molar-refractivity contribution in [1.82, 2.24) is 0 Å². The van der Waals surface area contributed by atoms with Crippen molar-refractivity contribution in [3.05, 3.63) is 23.8 Å². The topological polar surface area (TPSA) is 124 Å². The van der Waals surface area contributed by atoms with Gasteiger partial charge in [0.1, 0.15) is 12.2 Å². The van der Waals surface area contributed by atoms with E-state index < -0.39 is 52.8 Å². The van der Waals surface area contributed by atoms with Crippen LogP contribution in [0.5, 0.6) is 0 Å². The predicted octanol–water partition coefficient (Wildman–Crippen LogP) is -0.0995. The molecule has 4 rings (SSSR count). The van der Waals surface area contributed by atoms with E-state index in [1.807, 2.05) is 19.9 Å². The summed E-state index contributed by atoms with van der Waals surface area (Å²) < 4.78 is 15.4. The first kappa shape index (κ1) is 28.0. The van der Waals surface area contributed by atoms with Gasteiger partial charge in [0, 0.05) is 10.8 Å². The smallest absolute Gasteiger partial charge is 0.756 e. The Balaban J connectivity index is 0.00000306. The minimum atomic E-state index is -5.12. The van der Waals surface area contributed by atoms with E-state index in [9.17, 15) is 24.2 Å². The molecule has 0 radical (unpaired) electrons. The number of phosphoric ester groups is 1. The molecule has 11 heteroatoms. The zero-order valence-electron chi connectivity index (χ0n) is 19.2. The molecule has 0 bridgehead atoms. The van der Waals surface area contributed by atoms with E-state index in [4.69, 9.17) is 28.1 Å². The van der Waals surface area contributed by atoms with Crippen molar-refractivity contribution in [3.8, 4) is 0 Å². The summed E-state index contributed by atoms with van der Waals surface area (Å²) in [5.41, 5.74) is -2.53. The van der Waals surface area contributed by atoms with Gasteiger partial charge in [0.15, 0.2) is 11.6 Å². The zero-order chi connectivity index (χ0) is 23.9. The second-order valence-corrected chi connectivity index (χ2v) is 12.6. The molecule has 0 spiro atoms. The fourth-order valence-electron chi connectivity index (χ4n) is 7.33. The van der Waals surface area contributed by atoms with E-state index in [0.29, 0.717) is 19.3 Å². The van der Waals surface area contributed by atoms with Crippen LogP contribution in [0.4, 0.5) is 0 Å². The molecule has 0 heterocycles. The molecule has 4 aliphatic carbocycles. The van der Waals surface area contributed by atoms with Gasteiger partial charge in [-0.3, -0.25) is 14.2 Å². The minimum Gasteiger partial charge on any atom is -0.756 e. The number of allylic oxidation sites excluding steroid dienone is 4. The fraction of sp³-hybridized carbons (Fsp3) is 0.727. The van der Waals surface area contributed by atoms with E-state index in [-0.39, 0.29) is 53.6 Å². The van der Waals surface area contributed by atoms with Gasteiger partial charge in [0.2, 0.25) is 0 Å². The summed E-state index contributed by atoms with van der Waals surface area (Å²) in [6, 6.07) is 0. The van der Waals surface area contributed by atoms with E-state index in [0.717, 1.165) is 5.57 Å². The van der Waals surface area contributed by atoms with Crippen molar-refractivity contribution in [2.45, 2.75) is 62.3 Å². The molecule has 7 nitrogen and oxygen atoms in total. The first-order valence-electron chi connectivity index (χ1n) is 10.8. The number of alkyl halides is 2. The molecule has 0 aliphatic heterocycles. The van der Waals surface area contributed by atoms with Crippen molar-refractivity contribution in [1.29, 1.82) is 0 Å². The average molecular weight is 529 g/mol. The molecule has 33 heavy (non-hydrogen) atoms. The number of carbonyl (C=O) groups is 2. The third kappa shape index (κ3) is 3.85. The van der Waals surface area contributed by atoms with Gasteiger partial charge in [0.05, 0.1) is 10.3 Å². The van der Waals surface area contributed by atoms with Crippen LogP contribution in [-0.4, -0.2) is 44.0 Å². The van der Waals surface area contributed by atoms with E-state index in [1.54, 1.807) is 13.0 Å². The molecule has 0 aromatic carbocycles. The fourth-order valence-corrected chi connectivity index (χ4v) is 8.84. The van der Waals surface area contributed by atoms with Crippen LogP contribution in [-0.2, 0) is 18.7 Å². The number of fused-ring (bicyclic) bond motifs is 5.